The Hall–Kier alpha value is -3.55. The first-order valence-corrected chi connectivity index (χ1v) is 10.8. The summed E-state index contributed by atoms with van der Waals surface area (Å²) in [5.41, 5.74) is 8.55. The van der Waals surface area contributed by atoms with Gasteiger partial charge in [0, 0.05) is 37.4 Å². The second-order valence-corrected chi connectivity index (χ2v) is 8.37. The summed E-state index contributed by atoms with van der Waals surface area (Å²) in [5.74, 6) is -0.479. The summed E-state index contributed by atoms with van der Waals surface area (Å²) in [6.45, 7) is 2.45. The number of carbonyl (C=O) groups is 1. The van der Waals surface area contributed by atoms with Crippen LogP contribution in [0.25, 0.3) is 16.6 Å². The number of pyridine rings is 1. The Morgan fingerprint density at radius 3 is 2.50 bits per heavy atom. The van der Waals surface area contributed by atoms with Gasteiger partial charge in [-0.25, -0.2) is 4.68 Å². The van der Waals surface area contributed by atoms with Crippen molar-refractivity contribution in [1.29, 1.82) is 0 Å². The maximum atomic E-state index is 11.7. The van der Waals surface area contributed by atoms with Crippen LogP contribution in [0.15, 0.2) is 73.1 Å². The lowest BCUT2D eigenvalue weighted by Gasteiger charge is -2.37. The number of fused-ring (bicyclic) bond motifs is 1. The van der Waals surface area contributed by atoms with E-state index in [4.69, 9.17) is 5.73 Å². The molecule has 0 bridgehead atoms. The monoisotopic (exact) mass is 427 g/mol. The van der Waals surface area contributed by atoms with Gasteiger partial charge in [0.1, 0.15) is 11.1 Å². The number of hydrogen-bond donors (Lipinski definition) is 2. The van der Waals surface area contributed by atoms with E-state index in [1.54, 1.807) is 16.9 Å². The number of aliphatic hydroxyl groups is 1. The van der Waals surface area contributed by atoms with Crippen molar-refractivity contribution in [3.8, 4) is 5.69 Å². The number of carbonyl (C=O) groups excluding carboxylic acids is 1. The fourth-order valence-electron chi connectivity index (χ4n) is 4.36. The number of primary amides is 1. The molecule has 7 heteroatoms. The maximum Gasteiger partial charge on any atom is 0.250 e. The smallest absolute Gasteiger partial charge is 0.250 e. The van der Waals surface area contributed by atoms with Gasteiger partial charge in [-0.05, 0) is 48.7 Å². The minimum atomic E-state index is -0.840. The van der Waals surface area contributed by atoms with Crippen molar-refractivity contribution in [3.63, 3.8) is 0 Å². The Bertz CT molecular complexity index is 1240. The number of aromatic nitrogens is 3. The van der Waals surface area contributed by atoms with E-state index < -0.39 is 11.5 Å². The van der Waals surface area contributed by atoms with Crippen LogP contribution in [-0.4, -0.2) is 43.8 Å². The zero-order valence-corrected chi connectivity index (χ0v) is 17.7. The van der Waals surface area contributed by atoms with Gasteiger partial charge in [0.2, 0.25) is 0 Å². The lowest BCUT2D eigenvalue weighted by atomic mass is 9.87. The highest BCUT2D eigenvalue weighted by molar-refractivity contribution is 6.04. The van der Waals surface area contributed by atoms with Crippen LogP contribution >= 0.6 is 0 Å². The van der Waals surface area contributed by atoms with Crippen molar-refractivity contribution < 1.29 is 9.90 Å². The minimum Gasteiger partial charge on any atom is -0.383 e. The molecule has 1 aliphatic heterocycles. The van der Waals surface area contributed by atoms with E-state index in [-0.39, 0.29) is 0 Å². The van der Waals surface area contributed by atoms with E-state index in [0.29, 0.717) is 23.9 Å². The predicted octanol–water partition coefficient (Wildman–Crippen LogP) is 3.00. The van der Waals surface area contributed by atoms with Gasteiger partial charge in [-0.2, -0.15) is 5.10 Å². The zero-order valence-electron chi connectivity index (χ0n) is 17.7. The Kier molecular flexibility index (Phi) is 5.20. The first kappa shape index (κ1) is 20.4. The molecule has 7 nitrogen and oxygen atoms in total. The Morgan fingerprint density at radius 1 is 1.03 bits per heavy atom. The Morgan fingerprint density at radius 2 is 1.81 bits per heavy atom. The van der Waals surface area contributed by atoms with E-state index in [1.807, 2.05) is 48.7 Å². The molecule has 2 aromatic heterocycles. The molecular formula is C25H25N5O2. The molecule has 5 rings (SSSR count). The normalized spacial score (nSPS) is 16.3. The molecular weight excluding hydrogens is 402 g/mol. The van der Waals surface area contributed by atoms with Crippen LogP contribution in [0.4, 0.5) is 0 Å². The molecule has 162 valence electrons. The quantitative estimate of drug-likeness (QED) is 0.510. The Balaban J connectivity index is 1.27. The van der Waals surface area contributed by atoms with Crippen molar-refractivity contribution in [1.82, 2.24) is 19.7 Å². The molecule has 3 N–H and O–H groups in total. The van der Waals surface area contributed by atoms with Crippen molar-refractivity contribution in [3.05, 3.63) is 89.9 Å². The molecule has 0 atom stereocenters. The van der Waals surface area contributed by atoms with Gasteiger partial charge in [0.25, 0.3) is 5.91 Å². The highest BCUT2D eigenvalue weighted by atomic mass is 16.3. The van der Waals surface area contributed by atoms with Gasteiger partial charge in [-0.15, -0.1) is 0 Å². The molecule has 0 saturated carbocycles. The number of nitrogens with two attached hydrogens (primary N) is 1. The van der Waals surface area contributed by atoms with Gasteiger partial charge in [-0.3, -0.25) is 14.7 Å². The van der Waals surface area contributed by atoms with Crippen molar-refractivity contribution in [2.45, 2.75) is 25.0 Å². The minimum absolute atomic E-state index is 0.425. The number of rotatable bonds is 5. The Labute approximate surface area is 186 Å². The molecule has 0 spiro atoms. The van der Waals surface area contributed by atoms with Crippen molar-refractivity contribution in [2.24, 2.45) is 5.73 Å². The van der Waals surface area contributed by atoms with Crippen LogP contribution in [0.3, 0.4) is 0 Å². The number of hydrogen-bond acceptors (Lipinski definition) is 5. The van der Waals surface area contributed by atoms with Crippen LogP contribution in [0.1, 0.15) is 34.5 Å². The maximum absolute atomic E-state index is 11.7. The van der Waals surface area contributed by atoms with E-state index in [9.17, 15) is 9.90 Å². The number of nitrogens with zero attached hydrogens (tertiary/aromatic N) is 4. The van der Waals surface area contributed by atoms with Crippen LogP contribution < -0.4 is 5.73 Å². The molecule has 1 amide bonds. The third-order valence-corrected chi connectivity index (χ3v) is 6.23. The predicted molar refractivity (Wildman–Crippen MR) is 122 cm³/mol. The molecule has 0 unspecified atom stereocenters. The number of likely N-dealkylation sites (tertiary alicyclic amines) is 1. The number of amides is 1. The highest BCUT2D eigenvalue weighted by Gasteiger charge is 2.34. The molecule has 0 aliphatic carbocycles. The largest absolute Gasteiger partial charge is 0.383 e. The van der Waals surface area contributed by atoms with Crippen LogP contribution in [-0.2, 0) is 12.1 Å². The highest BCUT2D eigenvalue weighted by Crippen LogP contribution is 2.32. The van der Waals surface area contributed by atoms with Gasteiger partial charge in [0.05, 0.1) is 16.9 Å². The molecule has 0 radical (unpaired) electrons. The third-order valence-electron chi connectivity index (χ3n) is 6.23. The summed E-state index contributed by atoms with van der Waals surface area (Å²) in [6, 6.07) is 19.4. The first-order valence-electron chi connectivity index (χ1n) is 10.8. The average Bonchev–Trinajstić information content (AvgIpc) is 3.26. The lowest BCUT2D eigenvalue weighted by molar-refractivity contribution is -0.0311. The summed E-state index contributed by atoms with van der Waals surface area (Å²) in [7, 11) is 0. The molecule has 4 aromatic rings. The van der Waals surface area contributed by atoms with Crippen molar-refractivity contribution in [2.75, 3.05) is 13.1 Å². The molecule has 1 saturated heterocycles. The molecule has 1 aliphatic rings. The van der Waals surface area contributed by atoms with Gasteiger partial charge >= 0.3 is 0 Å². The van der Waals surface area contributed by atoms with Crippen molar-refractivity contribution >= 4 is 16.8 Å². The summed E-state index contributed by atoms with van der Waals surface area (Å²) in [6.07, 6.45) is 4.98. The fraction of sp³-hybridized carbons (Fsp3) is 0.240. The SMILES string of the molecule is NC(=O)c1cccc2cn(-c3ccc(CN4CCC(O)(c5ccccn5)CC4)cc3)nc12. The topological polar surface area (TPSA) is 97.3 Å². The molecule has 32 heavy (non-hydrogen) atoms. The van der Waals surface area contributed by atoms with E-state index in [2.05, 4.69) is 27.1 Å². The van der Waals surface area contributed by atoms with Gasteiger partial charge < -0.3 is 10.8 Å². The summed E-state index contributed by atoms with van der Waals surface area (Å²) in [5, 5.41) is 16.4. The number of piperidine rings is 1. The van der Waals surface area contributed by atoms with E-state index in [0.717, 1.165) is 36.4 Å². The summed E-state index contributed by atoms with van der Waals surface area (Å²) < 4.78 is 1.77. The van der Waals surface area contributed by atoms with Crippen LogP contribution in [0, 0.1) is 0 Å². The van der Waals surface area contributed by atoms with Crippen LogP contribution in [0.5, 0.6) is 0 Å². The molecule has 1 fully saturated rings. The second-order valence-electron chi connectivity index (χ2n) is 8.37. The van der Waals surface area contributed by atoms with Crippen LogP contribution in [0.2, 0.25) is 0 Å². The lowest BCUT2D eigenvalue weighted by Crippen LogP contribution is -2.42. The standard InChI is InChI=1S/C25H25N5O2/c26-24(31)21-5-3-4-19-17-30(28-23(19)21)20-9-7-18(8-10-20)16-29-14-11-25(32,12-15-29)22-6-1-2-13-27-22/h1-10,13,17,32H,11-12,14-16H2,(H2,26,31). The summed E-state index contributed by atoms with van der Waals surface area (Å²) in [4.78, 5) is 18.4. The molecule has 2 aromatic carbocycles. The molecule has 3 heterocycles. The third kappa shape index (κ3) is 3.88. The van der Waals surface area contributed by atoms with Gasteiger partial charge in [-0.1, -0.05) is 30.3 Å². The first-order chi connectivity index (χ1) is 15.5. The second kappa shape index (κ2) is 8.18. The average molecular weight is 428 g/mol. The fourth-order valence-corrected chi connectivity index (χ4v) is 4.36. The van der Waals surface area contributed by atoms with Gasteiger partial charge in [0.15, 0.2) is 0 Å². The van der Waals surface area contributed by atoms with E-state index in [1.165, 1.54) is 5.56 Å². The van der Waals surface area contributed by atoms with E-state index >= 15 is 0 Å². The zero-order chi connectivity index (χ0) is 22.1. The number of benzene rings is 2. The summed E-state index contributed by atoms with van der Waals surface area (Å²) >= 11 is 0.